The number of hydrogen-bond donors (Lipinski definition) is 0. The minimum atomic E-state index is -1.71. The zero-order valence-electron chi connectivity index (χ0n) is 14.7. The van der Waals surface area contributed by atoms with Gasteiger partial charge in [-0.2, -0.15) is 0 Å². The van der Waals surface area contributed by atoms with Gasteiger partial charge in [0.25, 0.3) is 0 Å². The van der Waals surface area contributed by atoms with Crippen molar-refractivity contribution in [2.24, 2.45) is 0 Å². The summed E-state index contributed by atoms with van der Waals surface area (Å²) >= 11 is 16.9. The van der Waals surface area contributed by atoms with E-state index < -0.39 is 28.5 Å². The summed E-state index contributed by atoms with van der Waals surface area (Å²) in [6.45, 7) is 5.06. The fourth-order valence-electron chi connectivity index (χ4n) is 2.78. The number of fused-ring (bicyclic) bond motifs is 1. The number of hydrogen-bond acceptors (Lipinski definition) is 4. The molecule has 142 valence electrons. The van der Waals surface area contributed by atoms with Crippen LogP contribution in [0.5, 0.6) is 0 Å². The maximum atomic E-state index is 12.5. The van der Waals surface area contributed by atoms with E-state index in [9.17, 15) is 9.59 Å². The molecule has 1 aromatic rings. The van der Waals surface area contributed by atoms with Gasteiger partial charge >= 0.3 is 12.1 Å². The van der Waals surface area contributed by atoms with Gasteiger partial charge in [0.15, 0.2) is 0 Å². The Morgan fingerprint density at radius 2 is 1.96 bits per heavy atom. The summed E-state index contributed by atoms with van der Waals surface area (Å²) in [5.74, 6) is -0.409. The van der Waals surface area contributed by atoms with E-state index in [-0.39, 0.29) is 12.5 Å². The Labute approximate surface area is 167 Å². The Morgan fingerprint density at radius 1 is 1.27 bits per heavy atom. The second kappa shape index (κ2) is 8.51. The van der Waals surface area contributed by atoms with Crippen LogP contribution in [0, 0.1) is 6.92 Å². The van der Waals surface area contributed by atoms with Crippen molar-refractivity contribution in [3.8, 4) is 0 Å². The number of benzene rings is 1. The van der Waals surface area contributed by atoms with Crippen molar-refractivity contribution in [2.45, 2.75) is 43.1 Å². The lowest BCUT2D eigenvalue weighted by Gasteiger charge is -2.33. The standard InChI is InChI=1S/C18H20Cl3NO4/c1-11(2)26-15(23)9-14-16-12(3)5-4-6-13(16)7-8-22(14)17(24)25-10-18(19,20)21/h4-8,11,14H,9-10H2,1-3H3/t14-/m1/s1. The normalized spacial score (nSPS) is 16.4. The third-order valence-corrected chi connectivity index (χ3v) is 4.07. The maximum Gasteiger partial charge on any atom is 0.414 e. The molecule has 0 saturated carbocycles. The lowest BCUT2D eigenvalue weighted by Crippen LogP contribution is -2.36. The monoisotopic (exact) mass is 419 g/mol. The molecule has 1 aliphatic heterocycles. The van der Waals surface area contributed by atoms with Gasteiger partial charge in [0, 0.05) is 6.20 Å². The third kappa shape index (κ3) is 5.53. The predicted octanol–water partition coefficient (Wildman–Crippen LogP) is 5.17. The van der Waals surface area contributed by atoms with Crippen LogP contribution in [-0.4, -0.2) is 33.5 Å². The second-order valence-electron chi connectivity index (χ2n) is 6.23. The number of esters is 1. The molecule has 1 aromatic carbocycles. The van der Waals surface area contributed by atoms with Crippen LogP contribution in [0.1, 0.15) is 43.0 Å². The number of nitrogens with zero attached hydrogens (tertiary/aromatic N) is 1. The summed E-state index contributed by atoms with van der Waals surface area (Å²) in [5, 5.41) is 0. The maximum absolute atomic E-state index is 12.5. The second-order valence-corrected chi connectivity index (χ2v) is 8.75. The number of aryl methyl sites for hydroxylation is 1. The molecule has 1 aliphatic rings. The summed E-state index contributed by atoms with van der Waals surface area (Å²) in [5.41, 5.74) is 2.74. The van der Waals surface area contributed by atoms with Gasteiger partial charge in [-0.25, -0.2) is 4.79 Å². The van der Waals surface area contributed by atoms with E-state index in [0.29, 0.717) is 0 Å². The Balaban J connectivity index is 2.30. The molecular weight excluding hydrogens is 401 g/mol. The molecule has 5 nitrogen and oxygen atoms in total. The molecule has 0 fully saturated rings. The fourth-order valence-corrected chi connectivity index (χ4v) is 2.95. The minimum absolute atomic E-state index is 0.0107. The van der Waals surface area contributed by atoms with Crippen molar-refractivity contribution in [3.05, 3.63) is 41.1 Å². The van der Waals surface area contributed by atoms with Gasteiger partial charge < -0.3 is 9.47 Å². The number of carbonyl (C=O) groups excluding carboxylic acids is 2. The molecule has 2 rings (SSSR count). The lowest BCUT2D eigenvalue weighted by molar-refractivity contribution is -0.148. The van der Waals surface area contributed by atoms with Crippen LogP contribution in [0.25, 0.3) is 6.08 Å². The van der Waals surface area contributed by atoms with Gasteiger partial charge in [0.2, 0.25) is 3.79 Å². The Hall–Kier alpha value is -1.43. The van der Waals surface area contributed by atoms with E-state index in [4.69, 9.17) is 44.3 Å². The van der Waals surface area contributed by atoms with E-state index in [1.807, 2.05) is 25.1 Å². The number of amides is 1. The summed E-state index contributed by atoms with van der Waals surface area (Å²) in [6.07, 6.45) is 2.38. The van der Waals surface area contributed by atoms with E-state index in [1.165, 1.54) is 4.90 Å². The summed E-state index contributed by atoms with van der Waals surface area (Å²) in [7, 11) is 0. The summed E-state index contributed by atoms with van der Waals surface area (Å²) in [6, 6.07) is 5.19. The summed E-state index contributed by atoms with van der Waals surface area (Å²) < 4.78 is 8.61. The smallest absolute Gasteiger partial charge is 0.414 e. The van der Waals surface area contributed by atoms with Crippen LogP contribution in [0.15, 0.2) is 24.4 Å². The van der Waals surface area contributed by atoms with Gasteiger partial charge in [-0.1, -0.05) is 53.0 Å². The topological polar surface area (TPSA) is 55.8 Å². The molecular formula is C18H20Cl3NO4. The van der Waals surface area contributed by atoms with Crippen molar-refractivity contribution in [3.63, 3.8) is 0 Å². The average Bonchev–Trinajstić information content (AvgIpc) is 2.51. The molecule has 0 unspecified atom stereocenters. The van der Waals surface area contributed by atoms with Crippen LogP contribution in [-0.2, 0) is 14.3 Å². The Kier molecular flexibility index (Phi) is 6.83. The quantitative estimate of drug-likeness (QED) is 0.498. The first-order valence-corrected chi connectivity index (χ1v) is 9.21. The molecule has 0 radical (unpaired) electrons. The van der Waals surface area contributed by atoms with Gasteiger partial charge in [0.05, 0.1) is 18.6 Å². The molecule has 1 heterocycles. The molecule has 0 aromatic heterocycles. The molecule has 8 heteroatoms. The van der Waals surface area contributed by atoms with Crippen LogP contribution >= 0.6 is 34.8 Å². The molecule has 0 spiro atoms. The van der Waals surface area contributed by atoms with E-state index in [1.54, 1.807) is 26.1 Å². The molecule has 0 saturated heterocycles. The first kappa shape index (κ1) is 20.9. The molecule has 0 bridgehead atoms. The predicted molar refractivity (Wildman–Crippen MR) is 102 cm³/mol. The summed E-state index contributed by atoms with van der Waals surface area (Å²) in [4.78, 5) is 26.1. The lowest BCUT2D eigenvalue weighted by atomic mass is 9.90. The van der Waals surface area contributed by atoms with Gasteiger partial charge in [-0.15, -0.1) is 0 Å². The number of rotatable bonds is 4. The number of halogens is 3. The highest BCUT2D eigenvalue weighted by Crippen LogP contribution is 2.36. The molecule has 26 heavy (non-hydrogen) atoms. The van der Waals surface area contributed by atoms with Crippen molar-refractivity contribution >= 4 is 52.9 Å². The van der Waals surface area contributed by atoms with Crippen molar-refractivity contribution in [1.82, 2.24) is 4.90 Å². The van der Waals surface area contributed by atoms with Crippen LogP contribution in [0.2, 0.25) is 0 Å². The first-order valence-electron chi connectivity index (χ1n) is 8.07. The van der Waals surface area contributed by atoms with Crippen molar-refractivity contribution < 1.29 is 19.1 Å². The third-order valence-electron chi connectivity index (χ3n) is 3.74. The molecule has 1 atom stereocenters. The van der Waals surface area contributed by atoms with E-state index in [2.05, 4.69) is 0 Å². The number of carbonyl (C=O) groups is 2. The van der Waals surface area contributed by atoms with Gasteiger partial charge in [0.1, 0.15) is 6.61 Å². The van der Waals surface area contributed by atoms with Crippen LogP contribution in [0.3, 0.4) is 0 Å². The van der Waals surface area contributed by atoms with Crippen LogP contribution in [0.4, 0.5) is 4.79 Å². The molecule has 1 amide bonds. The number of alkyl halides is 3. The van der Waals surface area contributed by atoms with E-state index >= 15 is 0 Å². The van der Waals surface area contributed by atoms with Crippen molar-refractivity contribution in [1.29, 1.82) is 0 Å². The van der Waals surface area contributed by atoms with Gasteiger partial charge in [-0.3, -0.25) is 9.69 Å². The highest BCUT2D eigenvalue weighted by Gasteiger charge is 2.34. The SMILES string of the molecule is Cc1cccc2c1[C@@H](CC(=O)OC(C)C)N(C(=O)OCC(Cl)(Cl)Cl)C=C2. The molecule has 0 aliphatic carbocycles. The fraction of sp³-hybridized carbons (Fsp3) is 0.444. The zero-order chi connectivity index (χ0) is 19.5. The average molecular weight is 421 g/mol. The van der Waals surface area contributed by atoms with Crippen molar-refractivity contribution in [2.75, 3.05) is 6.61 Å². The highest BCUT2D eigenvalue weighted by molar-refractivity contribution is 6.67. The Morgan fingerprint density at radius 3 is 2.58 bits per heavy atom. The van der Waals surface area contributed by atoms with E-state index in [0.717, 1.165) is 16.7 Å². The molecule has 0 N–H and O–H groups in total. The van der Waals surface area contributed by atoms with Crippen LogP contribution < -0.4 is 0 Å². The largest absolute Gasteiger partial charge is 0.463 e. The highest BCUT2D eigenvalue weighted by atomic mass is 35.6. The Bertz CT molecular complexity index is 713. The minimum Gasteiger partial charge on any atom is -0.463 e. The zero-order valence-corrected chi connectivity index (χ0v) is 16.9. The van der Waals surface area contributed by atoms with Gasteiger partial charge in [-0.05, 0) is 43.5 Å². The first-order chi connectivity index (χ1) is 12.1. The number of ether oxygens (including phenoxy) is 2.